The van der Waals surface area contributed by atoms with Gasteiger partial charge in [0.15, 0.2) is 11.2 Å². The van der Waals surface area contributed by atoms with Crippen LogP contribution in [0.3, 0.4) is 0 Å². The van der Waals surface area contributed by atoms with Crippen molar-refractivity contribution in [2.45, 2.75) is 0 Å². The molecule has 0 radical (unpaired) electrons. The van der Waals surface area contributed by atoms with Crippen molar-refractivity contribution in [2.24, 2.45) is 0 Å². The van der Waals surface area contributed by atoms with Crippen molar-refractivity contribution in [1.82, 2.24) is 9.55 Å². The Balaban J connectivity index is 1.17. The van der Waals surface area contributed by atoms with E-state index in [1.165, 1.54) is 5.39 Å². The van der Waals surface area contributed by atoms with Gasteiger partial charge in [-0.1, -0.05) is 97.1 Å². The summed E-state index contributed by atoms with van der Waals surface area (Å²) >= 11 is 0. The Labute approximate surface area is 257 Å². The van der Waals surface area contributed by atoms with E-state index in [4.69, 9.17) is 13.8 Å². The van der Waals surface area contributed by atoms with E-state index in [0.717, 1.165) is 88.5 Å². The summed E-state index contributed by atoms with van der Waals surface area (Å²) in [6, 6.07) is 50.7. The van der Waals surface area contributed by atoms with Crippen molar-refractivity contribution >= 4 is 65.7 Å². The zero-order chi connectivity index (χ0) is 29.5. The molecule has 0 aliphatic heterocycles. The average Bonchev–Trinajstić information content (AvgIpc) is 3.80. The first-order chi connectivity index (χ1) is 22.3. The highest BCUT2D eigenvalue weighted by Gasteiger charge is 2.20. The normalized spacial score (nSPS) is 12.0. The Morgan fingerprint density at radius 1 is 0.467 bits per heavy atom. The maximum atomic E-state index is 6.65. The van der Waals surface area contributed by atoms with E-state index in [1.54, 1.807) is 0 Å². The molecule has 0 saturated carbocycles. The molecule has 0 amide bonds. The van der Waals surface area contributed by atoms with Crippen LogP contribution in [0, 0.1) is 0 Å². The van der Waals surface area contributed by atoms with E-state index in [2.05, 4.69) is 120 Å². The standard InChI is InChI=1S/C41H24N2O2/c1-2-10-27(11-3-1)43-35-16-8-7-15-34(35)42-41(43)26-20-18-25(19-21-26)33-24-37-38(30-14-5-4-12-28(30)33)32-23-22-31-29-13-6-9-17-36(29)44-39(31)40(32)45-37/h1-24H. The molecule has 4 heteroatoms. The van der Waals surface area contributed by atoms with Crippen molar-refractivity contribution in [3.63, 3.8) is 0 Å². The van der Waals surface area contributed by atoms with E-state index in [-0.39, 0.29) is 0 Å². The fraction of sp³-hybridized carbons (Fsp3) is 0. The molecule has 10 rings (SSSR count). The summed E-state index contributed by atoms with van der Waals surface area (Å²) in [5, 5.41) is 6.69. The monoisotopic (exact) mass is 576 g/mol. The minimum atomic E-state index is 0.788. The molecular formula is C41H24N2O2. The van der Waals surface area contributed by atoms with Gasteiger partial charge in [-0.3, -0.25) is 4.57 Å². The van der Waals surface area contributed by atoms with Gasteiger partial charge in [0.2, 0.25) is 0 Å². The number of hydrogen-bond acceptors (Lipinski definition) is 3. The highest BCUT2D eigenvalue weighted by Crippen LogP contribution is 2.43. The summed E-state index contributed by atoms with van der Waals surface area (Å²) in [5.41, 5.74) is 9.74. The van der Waals surface area contributed by atoms with E-state index < -0.39 is 0 Å². The molecule has 45 heavy (non-hydrogen) atoms. The number of benzene rings is 7. The van der Waals surface area contributed by atoms with Crippen LogP contribution in [0.15, 0.2) is 154 Å². The van der Waals surface area contributed by atoms with Crippen molar-refractivity contribution in [3.05, 3.63) is 146 Å². The van der Waals surface area contributed by atoms with Gasteiger partial charge >= 0.3 is 0 Å². The van der Waals surface area contributed by atoms with Gasteiger partial charge in [-0.05, 0) is 70.4 Å². The van der Waals surface area contributed by atoms with Crippen LogP contribution in [0.5, 0.6) is 0 Å². The number of rotatable bonds is 3. The van der Waals surface area contributed by atoms with Crippen LogP contribution in [-0.2, 0) is 0 Å². The molecular weight excluding hydrogens is 552 g/mol. The number of imidazole rings is 1. The van der Waals surface area contributed by atoms with Gasteiger partial charge in [0.1, 0.15) is 17.0 Å². The molecule has 3 heterocycles. The van der Waals surface area contributed by atoms with E-state index in [0.29, 0.717) is 0 Å². The SMILES string of the molecule is c1ccc(-n2c(-c3ccc(-c4cc5oc6c(ccc7c8ccccc8oc76)c5c5ccccc45)cc3)nc3ccccc32)cc1. The van der Waals surface area contributed by atoms with Gasteiger partial charge in [0, 0.05) is 32.8 Å². The second kappa shape index (κ2) is 9.18. The number of aromatic nitrogens is 2. The Kier molecular flexibility index (Phi) is 4.96. The lowest BCUT2D eigenvalue weighted by Crippen LogP contribution is -1.97. The first-order valence-electron chi connectivity index (χ1n) is 15.1. The van der Waals surface area contributed by atoms with Gasteiger partial charge in [-0.2, -0.15) is 0 Å². The van der Waals surface area contributed by atoms with Crippen LogP contribution in [-0.4, -0.2) is 9.55 Å². The number of hydrogen-bond donors (Lipinski definition) is 0. The fourth-order valence-corrected chi connectivity index (χ4v) is 6.98. The molecule has 0 fully saturated rings. The lowest BCUT2D eigenvalue weighted by molar-refractivity contribution is 0.633. The maximum Gasteiger partial charge on any atom is 0.178 e. The largest absolute Gasteiger partial charge is 0.452 e. The number of para-hydroxylation sites is 4. The first kappa shape index (κ1) is 24.3. The van der Waals surface area contributed by atoms with Gasteiger partial charge in [0.25, 0.3) is 0 Å². The summed E-state index contributed by atoms with van der Waals surface area (Å²) in [7, 11) is 0. The Hall–Kier alpha value is -6.13. The van der Waals surface area contributed by atoms with Crippen LogP contribution < -0.4 is 0 Å². The summed E-state index contributed by atoms with van der Waals surface area (Å²) in [6.45, 7) is 0. The zero-order valence-corrected chi connectivity index (χ0v) is 24.1. The zero-order valence-electron chi connectivity index (χ0n) is 24.1. The lowest BCUT2D eigenvalue weighted by Gasteiger charge is -2.11. The second-order valence-corrected chi connectivity index (χ2v) is 11.5. The predicted molar refractivity (Wildman–Crippen MR) is 184 cm³/mol. The average molecular weight is 577 g/mol. The molecule has 0 aliphatic rings. The fourth-order valence-electron chi connectivity index (χ4n) is 6.98. The summed E-state index contributed by atoms with van der Waals surface area (Å²) < 4.78 is 15.2. The molecule has 7 aromatic carbocycles. The van der Waals surface area contributed by atoms with Crippen LogP contribution in [0.1, 0.15) is 0 Å². The molecule has 10 aromatic rings. The summed E-state index contributed by atoms with van der Waals surface area (Å²) in [6.07, 6.45) is 0. The molecule has 0 bridgehead atoms. The van der Waals surface area contributed by atoms with Crippen molar-refractivity contribution in [2.75, 3.05) is 0 Å². The minimum absolute atomic E-state index is 0.788. The quantitative estimate of drug-likeness (QED) is 0.210. The third-order valence-corrected chi connectivity index (χ3v) is 9.02. The smallest absolute Gasteiger partial charge is 0.178 e. The highest BCUT2D eigenvalue weighted by molar-refractivity contribution is 6.26. The third-order valence-electron chi connectivity index (χ3n) is 9.02. The van der Waals surface area contributed by atoms with Crippen LogP contribution >= 0.6 is 0 Å². The summed E-state index contributed by atoms with van der Waals surface area (Å²) in [5.74, 6) is 0.918. The highest BCUT2D eigenvalue weighted by atomic mass is 16.4. The molecule has 0 atom stereocenters. The molecule has 0 unspecified atom stereocenters. The number of nitrogens with zero attached hydrogens (tertiary/aromatic N) is 2. The topological polar surface area (TPSA) is 44.1 Å². The molecule has 3 aromatic heterocycles. The summed E-state index contributed by atoms with van der Waals surface area (Å²) in [4.78, 5) is 5.06. The van der Waals surface area contributed by atoms with E-state index in [9.17, 15) is 0 Å². The Bertz CT molecular complexity index is 2750. The third kappa shape index (κ3) is 3.51. The molecule has 0 aliphatic carbocycles. The molecule has 0 saturated heterocycles. The second-order valence-electron chi connectivity index (χ2n) is 11.5. The molecule has 210 valence electrons. The van der Waals surface area contributed by atoms with Gasteiger partial charge in [-0.15, -0.1) is 0 Å². The van der Waals surface area contributed by atoms with Gasteiger partial charge in [-0.25, -0.2) is 4.98 Å². The molecule has 0 spiro atoms. The lowest BCUT2D eigenvalue weighted by atomic mass is 9.94. The predicted octanol–water partition coefficient (Wildman–Crippen LogP) is 11.3. The number of fused-ring (bicyclic) bond motifs is 10. The van der Waals surface area contributed by atoms with Crippen LogP contribution in [0.4, 0.5) is 0 Å². The Morgan fingerprint density at radius 2 is 1.11 bits per heavy atom. The van der Waals surface area contributed by atoms with E-state index in [1.807, 2.05) is 30.3 Å². The van der Waals surface area contributed by atoms with Gasteiger partial charge < -0.3 is 8.83 Å². The Morgan fingerprint density at radius 3 is 1.98 bits per heavy atom. The number of furan rings is 2. The van der Waals surface area contributed by atoms with Crippen LogP contribution in [0.25, 0.3) is 93.9 Å². The molecule has 0 N–H and O–H groups in total. The first-order valence-corrected chi connectivity index (χ1v) is 15.1. The minimum Gasteiger partial charge on any atom is -0.452 e. The van der Waals surface area contributed by atoms with Gasteiger partial charge in [0.05, 0.1) is 11.0 Å². The maximum absolute atomic E-state index is 6.65. The van der Waals surface area contributed by atoms with Crippen LogP contribution in [0.2, 0.25) is 0 Å². The van der Waals surface area contributed by atoms with Crippen molar-refractivity contribution < 1.29 is 8.83 Å². The van der Waals surface area contributed by atoms with E-state index >= 15 is 0 Å². The van der Waals surface area contributed by atoms with Crippen molar-refractivity contribution in [3.8, 4) is 28.2 Å². The molecule has 4 nitrogen and oxygen atoms in total. The van der Waals surface area contributed by atoms with Crippen molar-refractivity contribution in [1.29, 1.82) is 0 Å².